The van der Waals surface area contributed by atoms with Gasteiger partial charge in [0.25, 0.3) is 0 Å². The SMILES string of the molecule is COc1ccc2nc3nc(N)ncc3cc2c1. The third-order valence-corrected chi connectivity index (χ3v) is 2.59. The molecule has 84 valence electrons. The van der Waals surface area contributed by atoms with Crippen LogP contribution in [0.15, 0.2) is 30.5 Å². The van der Waals surface area contributed by atoms with Gasteiger partial charge >= 0.3 is 0 Å². The van der Waals surface area contributed by atoms with Gasteiger partial charge < -0.3 is 10.5 Å². The molecule has 0 saturated heterocycles. The van der Waals surface area contributed by atoms with Gasteiger partial charge in [-0.15, -0.1) is 0 Å². The number of benzene rings is 1. The van der Waals surface area contributed by atoms with Crippen LogP contribution in [-0.2, 0) is 0 Å². The first-order valence-electron chi connectivity index (χ1n) is 5.13. The van der Waals surface area contributed by atoms with Gasteiger partial charge in [0.15, 0.2) is 5.65 Å². The van der Waals surface area contributed by atoms with E-state index < -0.39 is 0 Å². The fourth-order valence-corrected chi connectivity index (χ4v) is 1.75. The minimum atomic E-state index is 0.234. The number of nitrogens with zero attached hydrogens (tertiary/aromatic N) is 3. The second-order valence-corrected chi connectivity index (χ2v) is 3.69. The van der Waals surface area contributed by atoms with Crippen LogP contribution in [0.1, 0.15) is 0 Å². The number of hydrogen-bond donors (Lipinski definition) is 1. The van der Waals surface area contributed by atoms with Crippen LogP contribution in [0.4, 0.5) is 5.95 Å². The zero-order valence-corrected chi connectivity index (χ0v) is 9.21. The quantitative estimate of drug-likeness (QED) is 0.640. The third kappa shape index (κ3) is 1.61. The molecular formula is C12H10N4O. The lowest BCUT2D eigenvalue weighted by atomic mass is 10.2. The molecule has 3 rings (SSSR count). The van der Waals surface area contributed by atoms with Gasteiger partial charge in [0.2, 0.25) is 5.95 Å². The van der Waals surface area contributed by atoms with Crippen LogP contribution in [0.25, 0.3) is 21.9 Å². The summed E-state index contributed by atoms with van der Waals surface area (Å²) in [5.41, 5.74) is 7.00. The van der Waals surface area contributed by atoms with Crippen LogP contribution in [0.5, 0.6) is 5.75 Å². The monoisotopic (exact) mass is 226 g/mol. The molecule has 3 aromatic rings. The highest BCUT2D eigenvalue weighted by Gasteiger charge is 2.03. The van der Waals surface area contributed by atoms with Crippen LogP contribution >= 0.6 is 0 Å². The number of pyridine rings is 1. The standard InChI is InChI=1S/C12H10N4O/c1-17-9-2-3-10-7(5-9)4-8-6-14-12(13)16-11(8)15-10/h2-6H,1H3,(H2,13,14,15,16). The molecule has 0 bridgehead atoms. The molecule has 0 atom stereocenters. The molecule has 5 heteroatoms. The van der Waals surface area contributed by atoms with Gasteiger partial charge in [0.05, 0.1) is 12.6 Å². The number of fused-ring (bicyclic) bond motifs is 2. The molecule has 0 unspecified atom stereocenters. The number of methoxy groups -OCH3 is 1. The van der Waals surface area contributed by atoms with Gasteiger partial charge in [-0.2, -0.15) is 4.98 Å². The van der Waals surface area contributed by atoms with Crippen LogP contribution in [0.3, 0.4) is 0 Å². The van der Waals surface area contributed by atoms with E-state index in [2.05, 4.69) is 15.0 Å². The molecule has 0 aliphatic heterocycles. The van der Waals surface area contributed by atoms with E-state index in [9.17, 15) is 0 Å². The number of nitrogen functional groups attached to an aromatic ring is 1. The van der Waals surface area contributed by atoms with Gasteiger partial charge in [-0.25, -0.2) is 9.97 Å². The maximum Gasteiger partial charge on any atom is 0.222 e. The number of hydrogen-bond acceptors (Lipinski definition) is 5. The lowest BCUT2D eigenvalue weighted by Crippen LogP contribution is -1.96. The van der Waals surface area contributed by atoms with Crippen molar-refractivity contribution in [3.63, 3.8) is 0 Å². The van der Waals surface area contributed by atoms with Crippen LogP contribution in [0.2, 0.25) is 0 Å². The Kier molecular flexibility index (Phi) is 2.04. The highest BCUT2D eigenvalue weighted by molar-refractivity contribution is 5.91. The van der Waals surface area contributed by atoms with Gasteiger partial charge in [-0.1, -0.05) is 0 Å². The van der Waals surface area contributed by atoms with E-state index in [1.54, 1.807) is 13.3 Å². The van der Waals surface area contributed by atoms with Crippen molar-refractivity contribution in [2.45, 2.75) is 0 Å². The third-order valence-electron chi connectivity index (χ3n) is 2.59. The maximum atomic E-state index is 5.53. The van der Waals surface area contributed by atoms with Crippen LogP contribution < -0.4 is 10.5 Å². The second kappa shape index (κ2) is 3.55. The molecule has 5 nitrogen and oxygen atoms in total. The summed E-state index contributed by atoms with van der Waals surface area (Å²) in [6.45, 7) is 0. The Bertz CT molecular complexity index is 711. The minimum Gasteiger partial charge on any atom is -0.497 e. The Morgan fingerprint density at radius 3 is 2.82 bits per heavy atom. The predicted octanol–water partition coefficient (Wildman–Crippen LogP) is 1.77. The first-order chi connectivity index (χ1) is 8.26. The van der Waals surface area contributed by atoms with Crippen molar-refractivity contribution in [3.8, 4) is 5.75 Å². The number of nitrogens with two attached hydrogens (primary N) is 1. The van der Waals surface area contributed by atoms with E-state index in [1.165, 1.54) is 0 Å². The van der Waals surface area contributed by atoms with Gasteiger partial charge in [-0.3, -0.25) is 0 Å². The zero-order chi connectivity index (χ0) is 11.8. The van der Waals surface area contributed by atoms with Crippen molar-refractivity contribution in [1.29, 1.82) is 0 Å². The lowest BCUT2D eigenvalue weighted by molar-refractivity contribution is 0.415. The van der Waals surface area contributed by atoms with Crippen molar-refractivity contribution in [2.24, 2.45) is 0 Å². The Morgan fingerprint density at radius 1 is 1.12 bits per heavy atom. The van der Waals surface area contributed by atoms with E-state index in [4.69, 9.17) is 10.5 Å². The molecular weight excluding hydrogens is 216 g/mol. The minimum absolute atomic E-state index is 0.234. The molecule has 0 saturated carbocycles. The fraction of sp³-hybridized carbons (Fsp3) is 0.0833. The number of rotatable bonds is 1. The summed E-state index contributed by atoms with van der Waals surface area (Å²) in [7, 11) is 1.64. The van der Waals surface area contributed by atoms with Crippen LogP contribution in [-0.4, -0.2) is 22.1 Å². The summed E-state index contributed by atoms with van der Waals surface area (Å²) in [6.07, 6.45) is 1.67. The summed E-state index contributed by atoms with van der Waals surface area (Å²) in [5, 5.41) is 1.85. The summed E-state index contributed by atoms with van der Waals surface area (Å²) in [6, 6.07) is 7.66. The highest BCUT2D eigenvalue weighted by Crippen LogP contribution is 2.22. The first kappa shape index (κ1) is 9.77. The zero-order valence-electron chi connectivity index (χ0n) is 9.21. The van der Waals surface area contributed by atoms with Crippen LogP contribution in [0, 0.1) is 0 Å². The molecule has 2 N–H and O–H groups in total. The van der Waals surface area contributed by atoms with E-state index in [1.807, 2.05) is 24.3 Å². The Morgan fingerprint density at radius 2 is 2.00 bits per heavy atom. The fourth-order valence-electron chi connectivity index (χ4n) is 1.75. The lowest BCUT2D eigenvalue weighted by Gasteiger charge is -2.03. The molecule has 2 heterocycles. The molecule has 0 aliphatic carbocycles. The second-order valence-electron chi connectivity index (χ2n) is 3.69. The molecule has 0 aliphatic rings. The van der Waals surface area contributed by atoms with Gasteiger partial charge in [-0.05, 0) is 24.3 Å². The molecule has 0 spiro atoms. The molecule has 0 fully saturated rings. The Hall–Kier alpha value is -2.43. The van der Waals surface area contributed by atoms with E-state index >= 15 is 0 Å². The first-order valence-corrected chi connectivity index (χ1v) is 5.13. The average molecular weight is 226 g/mol. The molecule has 0 amide bonds. The smallest absolute Gasteiger partial charge is 0.222 e. The van der Waals surface area contributed by atoms with Gasteiger partial charge in [0, 0.05) is 17.0 Å². The van der Waals surface area contributed by atoms with Crippen molar-refractivity contribution in [1.82, 2.24) is 15.0 Å². The van der Waals surface area contributed by atoms with E-state index in [0.29, 0.717) is 5.65 Å². The summed E-state index contributed by atoms with van der Waals surface area (Å²) < 4.78 is 5.17. The molecule has 17 heavy (non-hydrogen) atoms. The van der Waals surface area contributed by atoms with Crippen molar-refractivity contribution in [3.05, 3.63) is 30.5 Å². The van der Waals surface area contributed by atoms with Gasteiger partial charge in [0.1, 0.15) is 5.75 Å². The summed E-state index contributed by atoms with van der Waals surface area (Å²) in [5.74, 6) is 1.04. The molecule has 1 aromatic carbocycles. The Labute approximate surface area is 97.3 Å². The predicted molar refractivity (Wildman–Crippen MR) is 65.8 cm³/mol. The number of aromatic nitrogens is 3. The number of anilines is 1. The van der Waals surface area contributed by atoms with Crippen molar-refractivity contribution < 1.29 is 4.74 Å². The highest BCUT2D eigenvalue weighted by atomic mass is 16.5. The largest absolute Gasteiger partial charge is 0.497 e. The molecule has 2 aromatic heterocycles. The van der Waals surface area contributed by atoms with E-state index in [0.717, 1.165) is 22.0 Å². The average Bonchev–Trinajstić information content (AvgIpc) is 2.35. The summed E-state index contributed by atoms with van der Waals surface area (Å²) >= 11 is 0. The topological polar surface area (TPSA) is 73.9 Å². The summed E-state index contributed by atoms with van der Waals surface area (Å²) in [4.78, 5) is 12.5. The van der Waals surface area contributed by atoms with Crippen molar-refractivity contribution >= 4 is 27.9 Å². The van der Waals surface area contributed by atoms with E-state index in [-0.39, 0.29) is 5.95 Å². The Balaban J connectivity index is 2.35. The number of ether oxygens (including phenoxy) is 1. The normalized spacial score (nSPS) is 10.9. The van der Waals surface area contributed by atoms with Crippen molar-refractivity contribution in [2.75, 3.05) is 12.8 Å². The molecule has 0 radical (unpaired) electrons. The maximum absolute atomic E-state index is 5.53.